The number of aromatic nitrogens is 1. The molecule has 21 heavy (non-hydrogen) atoms. The molecule has 0 spiro atoms. The molecule has 1 aromatic heterocycles. The van der Waals surface area contributed by atoms with Crippen LogP contribution in [0.1, 0.15) is 36.0 Å². The number of carbonyl (C=O) groups is 1. The fourth-order valence-corrected chi connectivity index (χ4v) is 3.99. The fraction of sp³-hybridized carbons (Fsp3) is 0.438. The SMILES string of the molecule is O=C(c1c[nH]c2cc([N+](=O)[O-])ccc12)C1C2CCCCC21. The highest BCUT2D eigenvalue weighted by Gasteiger charge is 2.54. The molecule has 2 aliphatic rings. The molecule has 108 valence electrons. The molecule has 1 N–H and O–H groups in total. The number of benzene rings is 1. The number of carbonyl (C=O) groups excluding carboxylic acids is 1. The standard InChI is InChI=1S/C16H16N2O3/c19-16(15-11-3-1-2-4-12(11)15)13-8-17-14-7-9(18(20)21)5-6-10(13)14/h5-8,11-12,15,17H,1-4H2. The average Bonchev–Trinajstić information content (AvgIpc) is 3.07. The Morgan fingerprint density at radius 3 is 2.62 bits per heavy atom. The zero-order valence-electron chi connectivity index (χ0n) is 11.5. The molecule has 5 nitrogen and oxygen atoms in total. The zero-order chi connectivity index (χ0) is 14.6. The minimum atomic E-state index is -0.419. The lowest BCUT2D eigenvalue weighted by Gasteiger charge is -2.04. The number of fused-ring (bicyclic) bond motifs is 2. The number of H-pyrrole nitrogens is 1. The van der Waals surface area contributed by atoms with Crippen LogP contribution in [0.25, 0.3) is 10.9 Å². The lowest BCUT2D eigenvalue weighted by molar-refractivity contribution is -0.384. The fourth-order valence-electron chi connectivity index (χ4n) is 3.99. The Morgan fingerprint density at radius 1 is 1.24 bits per heavy atom. The third-order valence-electron chi connectivity index (χ3n) is 5.10. The number of aromatic amines is 1. The third-order valence-corrected chi connectivity index (χ3v) is 5.10. The van der Waals surface area contributed by atoms with Crippen LogP contribution in [0.4, 0.5) is 5.69 Å². The van der Waals surface area contributed by atoms with Crippen molar-refractivity contribution in [1.29, 1.82) is 0 Å². The molecule has 2 aliphatic carbocycles. The molecular weight excluding hydrogens is 268 g/mol. The highest BCUT2D eigenvalue weighted by molar-refractivity contribution is 6.10. The van der Waals surface area contributed by atoms with Gasteiger partial charge in [0.25, 0.3) is 5.69 Å². The van der Waals surface area contributed by atoms with Crippen LogP contribution in [0.2, 0.25) is 0 Å². The summed E-state index contributed by atoms with van der Waals surface area (Å²) < 4.78 is 0. The van der Waals surface area contributed by atoms with E-state index in [1.54, 1.807) is 12.3 Å². The normalized spacial score (nSPS) is 27.3. The first kappa shape index (κ1) is 12.6. The molecule has 0 amide bonds. The van der Waals surface area contributed by atoms with Crippen LogP contribution in [0.15, 0.2) is 24.4 Å². The van der Waals surface area contributed by atoms with Gasteiger partial charge < -0.3 is 4.98 Å². The number of nitro benzene ring substituents is 1. The Morgan fingerprint density at radius 2 is 1.95 bits per heavy atom. The Hall–Kier alpha value is -2.17. The summed E-state index contributed by atoms with van der Waals surface area (Å²) in [7, 11) is 0. The van der Waals surface area contributed by atoms with Crippen LogP contribution in [-0.2, 0) is 0 Å². The minimum Gasteiger partial charge on any atom is -0.360 e. The van der Waals surface area contributed by atoms with Gasteiger partial charge in [0.05, 0.1) is 10.4 Å². The topological polar surface area (TPSA) is 76.0 Å². The molecule has 0 aliphatic heterocycles. The number of hydrogen-bond donors (Lipinski definition) is 1. The van der Waals surface area contributed by atoms with E-state index in [9.17, 15) is 14.9 Å². The van der Waals surface area contributed by atoms with E-state index in [4.69, 9.17) is 0 Å². The van der Waals surface area contributed by atoms with Crippen molar-refractivity contribution >= 4 is 22.4 Å². The number of nitrogens with zero attached hydrogens (tertiary/aromatic N) is 1. The number of rotatable bonds is 3. The van der Waals surface area contributed by atoms with Crippen LogP contribution < -0.4 is 0 Å². The van der Waals surface area contributed by atoms with Crippen LogP contribution in [-0.4, -0.2) is 15.7 Å². The Bertz CT molecular complexity index is 737. The molecule has 1 heterocycles. The number of nitrogens with one attached hydrogen (secondary N) is 1. The third kappa shape index (κ3) is 1.87. The second kappa shape index (κ2) is 4.41. The molecule has 2 fully saturated rings. The van der Waals surface area contributed by atoms with Crippen molar-refractivity contribution in [3.8, 4) is 0 Å². The number of non-ortho nitro benzene ring substituents is 1. The summed E-state index contributed by atoms with van der Waals surface area (Å²) in [5.74, 6) is 1.55. The highest BCUT2D eigenvalue weighted by atomic mass is 16.6. The lowest BCUT2D eigenvalue weighted by Crippen LogP contribution is -2.03. The lowest BCUT2D eigenvalue weighted by atomic mass is 10.0. The average molecular weight is 284 g/mol. The maximum Gasteiger partial charge on any atom is 0.271 e. The van der Waals surface area contributed by atoms with Gasteiger partial charge in [0.2, 0.25) is 0 Å². The first-order valence-electron chi connectivity index (χ1n) is 7.46. The summed E-state index contributed by atoms with van der Waals surface area (Å²) in [6.07, 6.45) is 6.54. The van der Waals surface area contributed by atoms with Gasteiger partial charge in [-0.15, -0.1) is 0 Å². The smallest absolute Gasteiger partial charge is 0.271 e. The van der Waals surface area contributed by atoms with E-state index in [-0.39, 0.29) is 17.4 Å². The van der Waals surface area contributed by atoms with Crippen LogP contribution in [0, 0.1) is 27.9 Å². The Balaban J connectivity index is 1.68. The molecule has 2 unspecified atom stereocenters. The van der Waals surface area contributed by atoms with Crippen LogP contribution in [0.3, 0.4) is 0 Å². The van der Waals surface area contributed by atoms with Gasteiger partial charge in [0, 0.05) is 35.2 Å². The van der Waals surface area contributed by atoms with Gasteiger partial charge in [0.1, 0.15) is 0 Å². The summed E-state index contributed by atoms with van der Waals surface area (Å²) in [5, 5.41) is 11.6. The van der Waals surface area contributed by atoms with E-state index in [1.807, 2.05) is 0 Å². The Kier molecular flexibility index (Phi) is 2.64. The van der Waals surface area contributed by atoms with Crippen LogP contribution in [0.5, 0.6) is 0 Å². The van der Waals surface area contributed by atoms with Crippen molar-refractivity contribution in [2.45, 2.75) is 25.7 Å². The van der Waals surface area contributed by atoms with E-state index in [2.05, 4.69) is 4.98 Å². The van der Waals surface area contributed by atoms with E-state index < -0.39 is 4.92 Å². The van der Waals surface area contributed by atoms with E-state index in [0.717, 1.165) is 5.39 Å². The number of nitro groups is 1. The van der Waals surface area contributed by atoms with Crippen molar-refractivity contribution in [2.75, 3.05) is 0 Å². The molecule has 2 saturated carbocycles. The highest BCUT2D eigenvalue weighted by Crippen LogP contribution is 2.56. The summed E-state index contributed by atoms with van der Waals surface area (Å²) in [6, 6.07) is 4.64. The predicted octanol–water partition coefficient (Wildman–Crippen LogP) is 3.70. The van der Waals surface area contributed by atoms with E-state index >= 15 is 0 Å². The summed E-state index contributed by atoms with van der Waals surface area (Å²) in [4.78, 5) is 26.1. The van der Waals surface area contributed by atoms with Gasteiger partial charge in [-0.1, -0.05) is 12.8 Å². The number of hydrogen-bond acceptors (Lipinski definition) is 3. The van der Waals surface area contributed by atoms with Gasteiger partial charge in [0.15, 0.2) is 5.78 Å². The van der Waals surface area contributed by atoms with Gasteiger partial charge in [-0.25, -0.2) is 0 Å². The van der Waals surface area contributed by atoms with Gasteiger partial charge >= 0.3 is 0 Å². The van der Waals surface area contributed by atoms with Gasteiger partial charge in [-0.3, -0.25) is 14.9 Å². The second-order valence-corrected chi connectivity index (χ2v) is 6.19. The molecule has 4 rings (SSSR count). The molecule has 0 radical (unpaired) electrons. The zero-order valence-corrected chi connectivity index (χ0v) is 11.5. The molecular formula is C16H16N2O3. The van der Waals surface area contributed by atoms with Gasteiger partial charge in [-0.05, 0) is 30.7 Å². The largest absolute Gasteiger partial charge is 0.360 e. The predicted molar refractivity (Wildman–Crippen MR) is 78.2 cm³/mol. The minimum absolute atomic E-state index is 0.0449. The van der Waals surface area contributed by atoms with Crippen molar-refractivity contribution in [1.82, 2.24) is 4.98 Å². The van der Waals surface area contributed by atoms with Crippen LogP contribution >= 0.6 is 0 Å². The molecule has 5 heteroatoms. The second-order valence-electron chi connectivity index (χ2n) is 6.19. The summed E-state index contributed by atoms with van der Waals surface area (Å²) in [6.45, 7) is 0. The molecule has 1 aromatic carbocycles. The summed E-state index contributed by atoms with van der Waals surface area (Å²) >= 11 is 0. The van der Waals surface area contributed by atoms with Crippen molar-refractivity contribution < 1.29 is 9.72 Å². The maximum absolute atomic E-state index is 12.7. The van der Waals surface area contributed by atoms with Gasteiger partial charge in [-0.2, -0.15) is 0 Å². The molecule has 2 aromatic rings. The maximum atomic E-state index is 12.7. The first-order chi connectivity index (χ1) is 10.2. The van der Waals surface area contributed by atoms with E-state index in [0.29, 0.717) is 22.9 Å². The number of Topliss-reactive ketones (excluding diaryl/α,β-unsaturated/α-hetero) is 1. The van der Waals surface area contributed by atoms with Crippen molar-refractivity contribution in [3.05, 3.63) is 40.1 Å². The molecule has 0 bridgehead atoms. The quantitative estimate of drug-likeness (QED) is 0.530. The number of ketones is 1. The first-order valence-corrected chi connectivity index (χ1v) is 7.46. The van der Waals surface area contributed by atoms with E-state index in [1.165, 1.54) is 37.8 Å². The molecule has 0 saturated heterocycles. The Labute approximate surface area is 121 Å². The summed E-state index contributed by atoms with van der Waals surface area (Å²) in [5.41, 5.74) is 1.40. The monoisotopic (exact) mass is 284 g/mol. The van der Waals surface area contributed by atoms with Crippen molar-refractivity contribution in [2.24, 2.45) is 17.8 Å². The van der Waals surface area contributed by atoms with Crippen molar-refractivity contribution in [3.63, 3.8) is 0 Å². The molecule has 2 atom stereocenters.